The van der Waals surface area contributed by atoms with Crippen LogP contribution in [0.15, 0.2) is 0 Å². The van der Waals surface area contributed by atoms with Crippen molar-refractivity contribution in [3.05, 3.63) is 0 Å². The Balaban J connectivity index is 2.77. The molecule has 1 amide bonds. The van der Waals surface area contributed by atoms with Crippen molar-refractivity contribution < 1.29 is 24.2 Å². The summed E-state index contributed by atoms with van der Waals surface area (Å²) >= 11 is 0. The third-order valence-corrected chi connectivity index (χ3v) is 2.76. The van der Waals surface area contributed by atoms with Gasteiger partial charge in [-0.1, -0.05) is 0 Å². The summed E-state index contributed by atoms with van der Waals surface area (Å²) in [6.07, 6.45) is -0.502. The van der Waals surface area contributed by atoms with Gasteiger partial charge < -0.3 is 14.6 Å². The second-order valence-corrected chi connectivity index (χ2v) is 5.62. The minimum absolute atomic E-state index is 0.193. The van der Waals surface area contributed by atoms with Crippen molar-refractivity contribution in [1.29, 1.82) is 0 Å². The third kappa shape index (κ3) is 4.70. The summed E-state index contributed by atoms with van der Waals surface area (Å²) in [4.78, 5) is 25.2. The number of piperidine rings is 1. The molecule has 0 aromatic carbocycles. The first kappa shape index (κ1) is 15.8. The van der Waals surface area contributed by atoms with Crippen LogP contribution in [0.2, 0.25) is 0 Å². The molecule has 110 valence electrons. The summed E-state index contributed by atoms with van der Waals surface area (Å²) in [6.45, 7) is 7.54. The van der Waals surface area contributed by atoms with Crippen molar-refractivity contribution in [2.24, 2.45) is 0 Å². The molecule has 0 aromatic rings. The number of ether oxygens (including phenoxy) is 2. The summed E-state index contributed by atoms with van der Waals surface area (Å²) < 4.78 is 10.2. The number of likely N-dealkylation sites (tertiary alicyclic amines) is 1. The highest BCUT2D eigenvalue weighted by atomic mass is 16.6. The van der Waals surface area contributed by atoms with Crippen LogP contribution in [0.5, 0.6) is 0 Å². The normalized spacial score (nSPS) is 23.9. The average molecular weight is 273 g/mol. The SMILES string of the molecule is CCOC(=O)[C@H]1C[C@H](O)CCN1C(=O)OC(C)(C)C. The van der Waals surface area contributed by atoms with Crippen LogP contribution in [0.1, 0.15) is 40.5 Å². The van der Waals surface area contributed by atoms with Gasteiger partial charge in [-0.3, -0.25) is 4.90 Å². The third-order valence-electron chi connectivity index (χ3n) is 2.76. The van der Waals surface area contributed by atoms with E-state index in [1.54, 1.807) is 27.7 Å². The van der Waals surface area contributed by atoms with E-state index in [1.807, 2.05) is 0 Å². The molecule has 1 saturated heterocycles. The Labute approximate surface area is 113 Å². The minimum atomic E-state index is -0.765. The maximum Gasteiger partial charge on any atom is 0.411 e. The molecular weight excluding hydrogens is 250 g/mol. The van der Waals surface area contributed by atoms with E-state index in [0.29, 0.717) is 13.0 Å². The van der Waals surface area contributed by atoms with Crippen molar-refractivity contribution in [3.63, 3.8) is 0 Å². The van der Waals surface area contributed by atoms with Gasteiger partial charge >= 0.3 is 12.1 Å². The number of hydrogen-bond acceptors (Lipinski definition) is 5. The lowest BCUT2D eigenvalue weighted by Gasteiger charge is -2.36. The van der Waals surface area contributed by atoms with Gasteiger partial charge in [0.05, 0.1) is 12.7 Å². The van der Waals surface area contributed by atoms with Crippen LogP contribution in [-0.4, -0.2) is 53.0 Å². The highest BCUT2D eigenvalue weighted by molar-refractivity contribution is 5.81. The summed E-state index contributed by atoms with van der Waals surface area (Å²) in [5.41, 5.74) is -0.619. The van der Waals surface area contributed by atoms with Crippen LogP contribution < -0.4 is 0 Å². The molecule has 1 N–H and O–H groups in total. The second kappa shape index (κ2) is 6.23. The maximum atomic E-state index is 12.1. The van der Waals surface area contributed by atoms with E-state index in [-0.39, 0.29) is 13.0 Å². The summed E-state index contributed by atoms with van der Waals surface area (Å²) in [6, 6.07) is -0.765. The molecule has 19 heavy (non-hydrogen) atoms. The molecule has 1 aliphatic rings. The van der Waals surface area contributed by atoms with Crippen LogP contribution in [0.4, 0.5) is 4.79 Å². The van der Waals surface area contributed by atoms with Gasteiger partial charge in [-0.2, -0.15) is 0 Å². The zero-order valence-electron chi connectivity index (χ0n) is 12.0. The fraction of sp³-hybridized carbons (Fsp3) is 0.846. The van der Waals surface area contributed by atoms with E-state index >= 15 is 0 Å². The predicted octanol–water partition coefficient (Wildman–Crippen LogP) is 1.31. The molecule has 0 unspecified atom stereocenters. The van der Waals surface area contributed by atoms with E-state index in [0.717, 1.165) is 0 Å². The maximum absolute atomic E-state index is 12.1. The number of aliphatic hydroxyl groups is 1. The van der Waals surface area contributed by atoms with Gasteiger partial charge in [0, 0.05) is 13.0 Å². The lowest BCUT2D eigenvalue weighted by molar-refractivity contribution is -0.152. The molecule has 0 spiro atoms. The summed E-state index contributed by atoms with van der Waals surface area (Å²) in [7, 11) is 0. The van der Waals surface area contributed by atoms with Crippen LogP contribution in [-0.2, 0) is 14.3 Å². The Hall–Kier alpha value is -1.30. The molecule has 1 rings (SSSR count). The molecule has 6 nitrogen and oxygen atoms in total. The van der Waals surface area contributed by atoms with E-state index in [4.69, 9.17) is 9.47 Å². The van der Waals surface area contributed by atoms with Crippen molar-refractivity contribution in [2.75, 3.05) is 13.2 Å². The molecule has 1 fully saturated rings. The first-order valence-corrected chi connectivity index (χ1v) is 6.59. The molecule has 0 aliphatic carbocycles. The molecule has 2 atom stereocenters. The molecule has 0 bridgehead atoms. The van der Waals surface area contributed by atoms with Gasteiger partial charge in [-0.05, 0) is 34.1 Å². The van der Waals surface area contributed by atoms with Gasteiger partial charge in [0.25, 0.3) is 0 Å². The zero-order chi connectivity index (χ0) is 14.6. The molecule has 6 heteroatoms. The highest BCUT2D eigenvalue weighted by Crippen LogP contribution is 2.21. The molecule has 0 saturated carbocycles. The molecule has 0 aromatic heterocycles. The average Bonchev–Trinajstić information content (AvgIpc) is 2.26. The van der Waals surface area contributed by atoms with Crippen LogP contribution in [0, 0.1) is 0 Å². The number of amides is 1. The Bertz CT molecular complexity index is 336. The van der Waals surface area contributed by atoms with Crippen molar-refractivity contribution in [3.8, 4) is 0 Å². The van der Waals surface area contributed by atoms with Crippen LogP contribution >= 0.6 is 0 Å². The zero-order valence-corrected chi connectivity index (χ0v) is 12.0. The Morgan fingerprint density at radius 3 is 2.53 bits per heavy atom. The Kier molecular flexibility index (Phi) is 5.17. The molecule has 0 radical (unpaired) electrons. The lowest BCUT2D eigenvalue weighted by atomic mass is 10.00. The van der Waals surface area contributed by atoms with E-state index < -0.39 is 29.8 Å². The number of carbonyl (C=O) groups is 2. The van der Waals surface area contributed by atoms with E-state index in [2.05, 4.69) is 0 Å². The quantitative estimate of drug-likeness (QED) is 0.768. The van der Waals surface area contributed by atoms with Crippen molar-refractivity contribution in [2.45, 2.75) is 58.3 Å². The first-order valence-electron chi connectivity index (χ1n) is 6.59. The fourth-order valence-corrected chi connectivity index (χ4v) is 1.95. The smallest absolute Gasteiger partial charge is 0.411 e. The standard InChI is InChI=1S/C13H23NO5/c1-5-18-11(16)10-8-9(15)6-7-14(10)12(17)19-13(2,3)4/h9-10,15H,5-8H2,1-4H3/t9-,10-/m1/s1. The fourth-order valence-electron chi connectivity index (χ4n) is 1.95. The predicted molar refractivity (Wildman–Crippen MR) is 68.6 cm³/mol. The monoisotopic (exact) mass is 273 g/mol. The van der Waals surface area contributed by atoms with Crippen molar-refractivity contribution in [1.82, 2.24) is 4.90 Å². The number of nitrogens with zero attached hydrogens (tertiary/aromatic N) is 1. The first-order chi connectivity index (χ1) is 8.74. The van der Waals surface area contributed by atoms with Gasteiger partial charge in [-0.25, -0.2) is 9.59 Å². The lowest BCUT2D eigenvalue weighted by Crippen LogP contribution is -2.53. The van der Waals surface area contributed by atoms with Crippen LogP contribution in [0.25, 0.3) is 0 Å². The van der Waals surface area contributed by atoms with Crippen LogP contribution in [0.3, 0.4) is 0 Å². The number of esters is 1. The number of hydrogen-bond donors (Lipinski definition) is 1. The largest absolute Gasteiger partial charge is 0.464 e. The van der Waals surface area contributed by atoms with Crippen molar-refractivity contribution >= 4 is 12.1 Å². The Morgan fingerprint density at radius 2 is 2.00 bits per heavy atom. The molecule has 1 heterocycles. The van der Waals surface area contributed by atoms with Gasteiger partial charge in [0.2, 0.25) is 0 Å². The van der Waals surface area contributed by atoms with Gasteiger partial charge in [-0.15, -0.1) is 0 Å². The topological polar surface area (TPSA) is 76.1 Å². The van der Waals surface area contributed by atoms with Gasteiger partial charge in [0.15, 0.2) is 0 Å². The summed E-state index contributed by atoms with van der Waals surface area (Å²) in [5, 5.41) is 9.64. The molecular formula is C13H23NO5. The number of aliphatic hydroxyl groups excluding tert-OH is 1. The van der Waals surface area contributed by atoms with E-state index in [1.165, 1.54) is 4.90 Å². The Morgan fingerprint density at radius 1 is 1.37 bits per heavy atom. The number of rotatable bonds is 2. The van der Waals surface area contributed by atoms with E-state index in [9.17, 15) is 14.7 Å². The van der Waals surface area contributed by atoms with Gasteiger partial charge in [0.1, 0.15) is 11.6 Å². The highest BCUT2D eigenvalue weighted by Gasteiger charge is 2.38. The second-order valence-electron chi connectivity index (χ2n) is 5.62. The number of carbonyl (C=O) groups excluding carboxylic acids is 2. The molecule has 1 aliphatic heterocycles. The minimum Gasteiger partial charge on any atom is -0.464 e. The summed E-state index contributed by atoms with van der Waals surface area (Å²) in [5.74, 6) is -0.493.